The summed E-state index contributed by atoms with van der Waals surface area (Å²) in [6.07, 6.45) is 0.202. The minimum Gasteiger partial charge on any atom is -0.313 e. The Labute approximate surface area is 114 Å². The molecule has 1 unspecified atom stereocenters. The highest BCUT2D eigenvalue weighted by Gasteiger charge is 2.15. The summed E-state index contributed by atoms with van der Waals surface area (Å²) < 4.78 is 52.6. The van der Waals surface area contributed by atoms with E-state index in [9.17, 15) is 17.6 Å². The van der Waals surface area contributed by atoms with Crippen molar-refractivity contribution in [1.82, 2.24) is 5.32 Å². The lowest BCUT2D eigenvalue weighted by Gasteiger charge is -2.17. The number of halogens is 4. The molecule has 1 atom stereocenters. The van der Waals surface area contributed by atoms with Gasteiger partial charge >= 0.3 is 0 Å². The smallest absolute Gasteiger partial charge is 0.159 e. The summed E-state index contributed by atoms with van der Waals surface area (Å²) in [6.45, 7) is 0. The average Bonchev–Trinajstić information content (AvgIpc) is 2.41. The van der Waals surface area contributed by atoms with Crippen molar-refractivity contribution in [2.45, 2.75) is 12.5 Å². The Balaban J connectivity index is 2.26. The lowest BCUT2D eigenvalue weighted by Crippen LogP contribution is -2.19. The molecule has 0 radical (unpaired) electrons. The SMILES string of the molecule is CNC(Cc1ccc(F)cc1F)c1ccc(F)c(F)c1. The Morgan fingerprint density at radius 1 is 0.900 bits per heavy atom. The fourth-order valence-corrected chi connectivity index (χ4v) is 2.02. The van der Waals surface area contributed by atoms with E-state index in [0.717, 1.165) is 24.3 Å². The molecule has 20 heavy (non-hydrogen) atoms. The molecule has 1 nitrogen and oxygen atoms in total. The van der Waals surface area contributed by atoms with E-state index in [1.165, 1.54) is 12.1 Å². The maximum absolute atomic E-state index is 13.6. The first-order valence-electron chi connectivity index (χ1n) is 6.07. The first-order chi connectivity index (χ1) is 9.51. The number of likely N-dealkylation sites (N-methyl/N-ethyl adjacent to an activating group) is 1. The molecule has 0 aliphatic heterocycles. The first kappa shape index (κ1) is 14.5. The summed E-state index contributed by atoms with van der Waals surface area (Å²) in [4.78, 5) is 0. The molecule has 106 valence electrons. The Morgan fingerprint density at radius 3 is 2.25 bits per heavy atom. The van der Waals surface area contributed by atoms with Crippen molar-refractivity contribution in [3.63, 3.8) is 0 Å². The third kappa shape index (κ3) is 3.17. The average molecular weight is 283 g/mol. The molecule has 1 N–H and O–H groups in total. The van der Waals surface area contributed by atoms with Gasteiger partial charge in [0.1, 0.15) is 11.6 Å². The van der Waals surface area contributed by atoms with E-state index >= 15 is 0 Å². The van der Waals surface area contributed by atoms with Crippen LogP contribution in [0.1, 0.15) is 17.2 Å². The quantitative estimate of drug-likeness (QED) is 0.843. The van der Waals surface area contributed by atoms with Gasteiger partial charge in [0.15, 0.2) is 11.6 Å². The van der Waals surface area contributed by atoms with Crippen LogP contribution in [0.2, 0.25) is 0 Å². The van der Waals surface area contributed by atoms with Gasteiger partial charge < -0.3 is 5.32 Å². The Bertz CT molecular complexity index is 613. The van der Waals surface area contributed by atoms with Crippen LogP contribution in [-0.4, -0.2) is 7.05 Å². The minimum atomic E-state index is -0.956. The molecule has 0 heterocycles. The fraction of sp³-hybridized carbons (Fsp3) is 0.200. The molecule has 0 saturated heterocycles. The summed E-state index contributed by atoms with van der Waals surface area (Å²) in [5.41, 5.74) is 0.797. The maximum atomic E-state index is 13.6. The molecule has 2 aromatic rings. The van der Waals surface area contributed by atoms with Crippen molar-refractivity contribution in [2.75, 3.05) is 7.05 Å². The molecule has 0 aliphatic carbocycles. The molecule has 5 heteroatoms. The van der Waals surface area contributed by atoms with Gasteiger partial charge in [0.05, 0.1) is 0 Å². The molecule has 0 bridgehead atoms. The second-order valence-electron chi connectivity index (χ2n) is 4.45. The van der Waals surface area contributed by atoms with E-state index in [1.807, 2.05) is 0 Å². The largest absolute Gasteiger partial charge is 0.313 e. The number of rotatable bonds is 4. The number of nitrogens with one attached hydrogen (secondary N) is 1. The van der Waals surface area contributed by atoms with Crippen molar-refractivity contribution in [3.05, 3.63) is 70.8 Å². The van der Waals surface area contributed by atoms with E-state index in [2.05, 4.69) is 5.32 Å². The predicted octanol–water partition coefficient (Wildman–Crippen LogP) is 3.75. The highest BCUT2D eigenvalue weighted by molar-refractivity contribution is 5.26. The molecule has 0 amide bonds. The zero-order valence-corrected chi connectivity index (χ0v) is 10.8. The van der Waals surface area contributed by atoms with Crippen molar-refractivity contribution in [1.29, 1.82) is 0 Å². The van der Waals surface area contributed by atoms with Crippen LogP contribution in [0.25, 0.3) is 0 Å². The lowest BCUT2D eigenvalue weighted by atomic mass is 9.98. The van der Waals surface area contributed by atoms with Gasteiger partial charge in [-0.1, -0.05) is 12.1 Å². The first-order valence-corrected chi connectivity index (χ1v) is 6.07. The van der Waals surface area contributed by atoms with Crippen LogP contribution in [0.5, 0.6) is 0 Å². The zero-order valence-electron chi connectivity index (χ0n) is 10.8. The molecule has 2 aromatic carbocycles. The molecule has 2 rings (SSSR count). The third-order valence-electron chi connectivity index (χ3n) is 3.13. The van der Waals surface area contributed by atoms with E-state index in [4.69, 9.17) is 0 Å². The Morgan fingerprint density at radius 2 is 1.65 bits per heavy atom. The summed E-state index contributed by atoms with van der Waals surface area (Å²) in [5, 5.41) is 2.91. The van der Waals surface area contributed by atoms with E-state index in [1.54, 1.807) is 7.05 Å². The third-order valence-corrected chi connectivity index (χ3v) is 3.13. The fourth-order valence-electron chi connectivity index (χ4n) is 2.02. The van der Waals surface area contributed by atoms with Gasteiger partial charge in [-0.2, -0.15) is 0 Å². The number of hydrogen-bond donors (Lipinski definition) is 1. The van der Waals surface area contributed by atoms with Crippen LogP contribution in [-0.2, 0) is 6.42 Å². The normalized spacial score (nSPS) is 12.4. The van der Waals surface area contributed by atoms with Crippen LogP contribution in [0, 0.1) is 23.3 Å². The second kappa shape index (κ2) is 6.05. The van der Waals surface area contributed by atoms with Crippen LogP contribution in [0.3, 0.4) is 0 Å². The van der Waals surface area contributed by atoms with Gasteiger partial charge in [0.2, 0.25) is 0 Å². The van der Waals surface area contributed by atoms with Gasteiger partial charge in [-0.3, -0.25) is 0 Å². The van der Waals surface area contributed by atoms with Crippen LogP contribution in [0.15, 0.2) is 36.4 Å². The van der Waals surface area contributed by atoms with Gasteiger partial charge in [-0.25, -0.2) is 17.6 Å². The molecule has 0 saturated carbocycles. The monoisotopic (exact) mass is 283 g/mol. The lowest BCUT2D eigenvalue weighted by molar-refractivity contribution is 0.499. The van der Waals surface area contributed by atoms with Crippen LogP contribution in [0.4, 0.5) is 17.6 Å². The van der Waals surface area contributed by atoms with E-state index in [-0.39, 0.29) is 6.42 Å². The van der Waals surface area contributed by atoms with Crippen molar-refractivity contribution in [2.24, 2.45) is 0 Å². The van der Waals surface area contributed by atoms with Crippen LogP contribution < -0.4 is 5.32 Å². The molecule has 0 fully saturated rings. The topological polar surface area (TPSA) is 12.0 Å². The highest BCUT2D eigenvalue weighted by Crippen LogP contribution is 2.22. The van der Waals surface area contributed by atoms with Gasteiger partial charge in [-0.15, -0.1) is 0 Å². The van der Waals surface area contributed by atoms with Gasteiger partial charge in [0, 0.05) is 12.1 Å². The summed E-state index contributed by atoms with van der Waals surface area (Å²) in [6, 6.07) is 6.43. The molecule has 0 aromatic heterocycles. The standard InChI is InChI=1S/C15H13F4N/c1-20-15(10-3-5-12(17)14(19)6-10)7-9-2-4-11(16)8-13(9)18/h2-6,8,15,20H,7H2,1H3. The summed E-state index contributed by atoms with van der Waals surface area (Å²) in [7, 11) is 1.63. The Hall–Kier alpha value is -1.88. The predicted molar refractivity (Wildman–Crippen MR) is 68.2 cm³/mol. The summed E-state index contributed by atoms with van der Waals surface area (Å²) >= 11 is 0. The number of hydrogen-bond acceptors (Lipinski definition) is 1. The molecular formula is C15H13F4N. The molecular weight excluding hydrogens is 270 g/mol. The Kier molecular flexibility index (Phi) is 4.39. The van der Waals surface area contributed by atoms with Gasteiger partial charge in [-0.05, 0) is 42.8 Å². The van der Waals surface area contributed by atoms with Gasteiger partial charge in [0.25, 0.3) is 0 Å². The van der Waals surface area contributed by atoms with E-state index in [0.29, 0.717) is 11.1 Å². The van der Waals surface area contributed by atoms with Crippen molar-refractivity contribution >= 4 is 0 Å². The maximum Gasteiger partial charge on any atom is 0.159 e. The van der Waals surface area contributed by atoms with E-state index < -0.39 is 29.3 Å². The molecule has 0 spiro atoms. The zero-order chi connectivity index (χ0) is 14.7. The molecule has 0 aliphatic rings. The summed E-state index contributed by atoms with van der Waals surface area (Å²) in [5.74, 6) is -3.20. The number of benzene rings is 2. The minimum absolute atomic E-state index is 0.202. The van der Waals surface area contributed by atoms with Crippen molar-refractivity contribution in [3.8, 4) is 0 Å². The second-order valence-corrected chi connectivity index (χ2v) is 4.45. The van der Waals surface area contributed by atoms with Crippen LogP contribution >= 0.6 is 0 Å². The van der Waals surface area contributed by atoms with Crippen molar-refractivity contribution < 1.29 is 17.6 Å². The highest BCUT2D eigenvalue weighted by atomic mass is 19.2.